The summed E-state index contributed by atoms with van der Waals surface area (Å²) >= 11 is 5.93. The summed E-state index contributed by atoms with van der Waals surface area (Å²) in [6.07, 6.45) is 3.48. The maximum atomic E-state index is 15.0. The molecule has 43 heteroatoms. The summed E-state index contributed by atoms with van der Waals surface area (Å²) in [5.74, 6) is -17.3. The highest BCUT2D eigenvalue weighted by atomic mass is 32.2. The summed E-state index contributed by atoms with van der Waals surface area (Å²) < 4.78 is 0. The van der Waals surface area contributed by atoms with Crippen LogP contribution in [0.3, 0.4) is 0 Å². The van der Waals surface area contributed by atoms with Gasteiger partial charge in [0.15, 0.2) is 5.96 Å². The Kier molecular flexibility index (Phi) is 55.1. The zero-order valence-electron chi connectivity index (χ0n) is 82.8. The molecular weight excluding hydrogens is 1780 g/mol. The molecular formula is C92H159N21O20S2. The Morgan fingerprint density at radius 3 is 1.25 bits per heavy atom. The first kappa shape index (κ1) is 121. The molecule has 18 atom stereocenters. The molecule has 0 spiro atoms. The van der Waals surface area contributed by atoms with Crippen LogP contribution in [0.5, 0.6) is 0 Å². The molecule has 764 valence electrons. The second-order valence-corrected chi connectivity index (χ2v) is 39.7. The van der Waals surface area contributed by atoms with Crippen molar-refractivity contribution in [3.63, 3.8) is 0 Å². The maximum Gasteiger partial charge on any atom is 0.322 e. The molecule has 1 aromatic rings. The Morgan fingerprint density at radius 1 is 0.437 bits per heavy atom. The molecule has 1 fully saturated rings. The van der Waals surface area contributed by atoms with Crippen LogP contribution in [-0.4, -0.2) is 274 Å². The first-order valence-corrected chi connectivity index (χ1v) is 49.1. The molecule has 0 aliphatic carbocycles. The molecule has 1 aliphatic heterocycles. The third-order valence-electron chi connectivity index (χ3n) is 22.3. The lowest BCUT2D eigenvalue weighted by Crippen LogP contribution is -2.62. The molecule has 1 heterocycles. The van der Waals surface area contributed by atoms with Gasteiger partial charge in [0.05, 0.1) is 12.6 Å². The maximum absolute atomic E-state index is 15.0. The monoisotopic (exact) mass is 1940 g/mol. The first-order chi connectivity index (χ1) is 63.2. The van der Waals surface area contributed by atoms with Gasteiger partial charge < -0.3 is 117 Å². The fourth-order valence-electron chi connectivity index (χ4n) is 14.8. The average molecular weight is 1940 g/mol. The Morgan fingerprint density at radius 2 is 0.800 bits per heavy atom. The smallest absolute Gasteiger partial charge is 0.322 e. The van der Waals surface area contributed by atoms with E-state index >= 15 is 0 Å². The molecule has 0 aromatic heterocycles. The number of thiol groups is 1. The molecule has 0 bridgehead atoms. The van der Waals surface area contributed by atoms with Gasteiger partial charge in [0.1, 0.15) is 103 Å². The predicted octanol–water partition coefficient (Wildman–Crippen LogP) is -0.186. The second-order valence-electron chi connectivity index (χ2n) is 38.3. The van der Waals surface area contributed by atoms with Gasteiger partial charge in [0, 0.05) is 25.3 Å². The van der Waals surface area contributed by atoms with Crippen molar-refractivity contribution < 1.29 is 96.5 Å². The number of aliphatic hydroxyl groups is 1. The number of aliphatic hydroxyl groups excluding tert-OH is 1. The lowest BCUT2D eigenvalue weighted by atomic mass is 9.95. The number of aliphatic imine (C=N–C) groups is 1. The number of thioether (sulfide) groups is 1. The highest BCUT2D eigenvalue weighted by Gasteiger charge is 2.43. The number of rotatable bonds is 62. The van der Waals surface area contributed by atoms with Crippen molar-refractivity contribution in [1.29, 1.82) is 0 Å². The standard InChI is InChI=1S/C92H159N21O20S2/c1-22-55(18)74(112-85(127)65(40-51(10)11)102-81(123)63(38-49(6)7)103-86(128)69(45-114)109-79(121)60(30-26-33-96-92(94)95)100-77(119)59(93)32-35-135-21)90(132)107-66(41-52(12)13)84(126)111-73(54(16)17)89(131)106-64(39-50(8)9)82(124)110-70(46-134)87(129)104-67(43-58-28-24-23-25-29-58)83(125)108-68(42-53(14)15)91(133)113-34-27-31-71(113)88(130)105-62(37-48(4)5)80(122)99-56(19)75(117)98-57(20)76(118)101-61(36-47(2)3)78(120)97-44-72(115)116/h23-25,28-29,47-57,59-71,73-74,114,134H,22,26-27,30-46,93H2,1-21H3,(H,97,120)(H,98,117)(H,99,122)(H,100,119)(H,101,118)(H,102,123)(H,103,128)(H,104,129)(H,105,130)(H,106,131)(H,107,132)(H,108,125)(H,109,121)(H,110,124)(H,111,126)(H,112,127)(H,115,116)(H4,94,95,96)/t55-,56-,57-,59-,60-,61-,62-,63-,64-,65-,66-,67-,68-,69-,70-,71-,73-,74-/m0/s1. The lowest BCUT2D eigenvalue weighted by molar-refractivity contribution is -0.143. The minimum atomic E-state index is -1.64. The zero-order chi connectivity index (χ0) is 103. The van der Waals surface area contributed by atoms with Gasteiger partial charge in [-0.05, 0) is 162 Å². The highest BCUT2D eigenvalue weighted by Crippen LogP contribution is 2.24. The molecule has 17 amide bonds. The number of amides is 17. The number of benzene rings is 1. The van der Waals surface area contributed by atoms with Crippen molar-refractivity contribution in [1.82, 2.24) is 90.0 Å². The summed E-state index contributed by atoms with van der Waals surface area (Å²) in [7, 11) is 0. The van der Waals surface area contributed by atoms with Gasteiger partial charge in [-0.2, -0.15) is 24.4 Å². The van der Waals surface area contributed by atoms with E-state index < -0.39 is 234 Å². The molecule has 135 heavy (non-hydrogen) atoms. The number of likely N-dealkylation sites (tertiary alicyclic amines) is 1. The van der Waals surface area contributed by atoms with Crippen LogP contribution in [0, 0.1) is 53.3 Å². The Bertz CT molecular complexity index is 4080. The van der Waals surface area contributed by atoms with Crippen molar-refractivity contribution >= 4 is 137 Å². The number of guanidine groups is 1. The minimum Gasteiger partial charge on any atom is -0.480 e. The second kappa shape index (κ2) is 61.6. The van der Waals surface area contributed by atoms with Crippen molar-refractivity contribution in [3.8, 4) is 0 Å². The molecule has 41 nitrogen and oxygen atoms in total. The molecule has 24 N–H and O–H groups in total. The van der Waals surface area contributed by atoms with Gasteiger partial charge in [-0.25, -0.2) is 0 Å². The number of carbonyl (C=O) groups is 18. The Balaban J connectivity index is 2.45. The summed E-state index contributed by atoms with van der Waals surface area (Å²) in [4.78, 5) is 258. The summed E-state index contributed by atoms with van der Waals surface area (Å²) in [6.45, 7) is 33.3. The van der Waals surface area contributed by atoms with Crippen molar-refractivity contribution in [2.75, 3.05) is 44.0 Å². The fraction of sp³-hybridized carbons (Fsp3) is 0.728. The normalized spacial score (nSPS) is 16.4. The molecule has 0 unspecified atom stereocenters. The third kappa shape index (κ3) is 44.9. The Labute approximate surface area is 805 Å². The predicted molar refractivity (Wildman–Crippen MR) is 518 cm³/mol. The first-order valence-electron chi connectivity index (χ1n) is 47.1. The number of carboxylic acids is 1. The van der Waals surface area contributed by atoms with Crippen LogP contribution in [-0.2, 0) is 92.7 Å². The van der Waals surface area contributed by atoms with E-state index in [2.05, 4.69) is 103 Å². The topological polar surface area (TPSA) is 634 Å². The van der Waals surface area contributed by atoms with Crippen molar-refractivity contribution in [2.24, 2.45) is 75.5 Å². The van der Waals surface area contributed by atoms with Gasteiger partial charge in [-0.15, -0.1) is 0 Å². The van der Waals surface area contributed by atoms with Crippen molar-refractivity contribution in [3.05, 3.63) is 35.9 Å². The van der Waals surface area contributed by atoms with E-state index in [1.54, 1.807) is 127 Å². The quantitative estimate of drug-likeness (QED) is 0.0174. The number of aliphatic carboxylic acids is 1. The minimum absolute atomic E-state index is 0.00241. The van der Waals surface area contributed by atoms with Gasteiger partial charge >= 0.3 is 5.97 Å². The number of nitrogens with one attached hydrogen (secondary N) is 16. The SMILES string of the molecule is CC[C@H](C)[C@H](NC(=O)[C@H](CC(C)C)NC(=O)[C@H](CC(C)C)NC(=O)[C@H](CO)NC(=O)[C@H](CCCN=C(N)N)NC(=O)[C@@H](N)CCSC)C(=O)N[C@@H](CC(C)C)C(=O)N[C@H](C(=O)N[C@@H](CC(C)C)C(=O)N[C@@H](CS)C(=O)N[C@@H](Cc1ccccc1)C(=O)N[C@@H](CC(C)C)C(=O)N1CCC[C@H]1C(=O)N[C@@H](CC(C)C)C(=O)N[C@@H](C)C(=O)N[C@@H](C)C(=O)N[C@@H](CC(C)C)C(=O)NCC(=O)O)C(C)C. The van der Waals surface area contributed by atoms with E-state index in [0.29, 0.717) is 30.6 Å². The van der Waals surface area contributed by atoms with Crippen molar-refractivity contribution in [2.45, 2.75) is 331 Å². The third-order valence-corrected chi connectivity index (χ3v) is 23.3. The Hall–Kier alpha value is -10.4. The molecule has 0 saturated carbocycles. The van der Waals surface area contributed by atoms with E-state index in [1.807, 2.05) is 34.0 Å². The van der Waals surface area contributed by atoms with E-state index in [0.717, 1.165) is 0 Å². The molecule has 0 radical (unpaired) electrons. The molecule has 1 saturated heterocycles. The van der Waals surface area contributed by atoms with Crippen LogP contribution in [0.15, 0.2) is 35.3 Å². The van der Waals surface area contributed by atoms with Crippen LogP contribution in [0.1, 0.15) is 228 Å². The van der Waals surface area contributed by atoms with Gasteiger partial charge in [0.2, 0.25) is 100 Å². The summed E-state index contributed by atoms with van der Waals surface area (Å²) in [5, 5.41) is 62.2. The fourth-order valence-corrected chi connectivity index (χ4v) is 15.6. The highest BCUT2D eigenvalue weighted by molar-refractivity contribution is 7.98. The van der Waals surface area contributed by atoms with E-state index in [9.17, 15) is 91.4 Å². The van der Waals surface area contributed by atoms with E-state index in [4.69, 9.17) is 22.3 Å². The largest absolute Gasteiger partial charge is 0.480 e. The number of carboxylic acid groups (broad SMARTS) is 1. The van der Waals surface area contributed by atoms with Crippen LogP contribution in [0.4, 0.5) is 0 Å². The van der Waals surface area contributed by atoms with Crippen LogP contribution >= 0.6 is 24.4 Å². The lowest BCUT2D eigenvalue weighted by Gasteiger charge is -2.32. The zero-order valence-corrected chi connectivity index (χ0v) is 84.5. The van der Waals surface area contributed by atoms with Gasteiger partial charge in [0.25, 0.3) is 0 Å². The molecule has 2 rings (SSSR count). The van der Waals surface area contributed by atoms with Gasteiger partial charge in [-0.1, -0.05) is 161 Å². The van der Waals surface area contributed by atoms with Crippen LogP contribution in [0.25, 0.3) is 0 Å². The van der Waals surface area contributed by atoms with E-state index in [-0.39, 0.29) is 137 Å². The van der Waals surface area contributed by atoms with Crippen LogP contribution < -0.4 is 102 Å². The number of carbonyl (C=O) groups excluding carboxylic acids is 17. The summed E-state index contributed by atoms with van der Waals surface area (Å²) in [5.41, 5.74) is 17.7. The number of nitrogens with two attached hydrogens (primary N) is 3. The molecule has 1 aromatic carbocycles. The average Bonchev–Trinajstić information content (AvgIpc) is 1.14. The molecule has 1 aliphatic rings. The summed E-state index contributed by atoms with van der Waals surface area (Å²) in [6, 6.07) is -13.4. The van der Waals surface area contributed by atoms with Gasteiger partial charge in [-0.3, -0.25) is 91.3 Å². The van der Waals surface area contributed by atoms with Crippen LogP contribution in [0.2, 0.25) is 0 Å². The van der Waals surface area contributed by atoms with E-state index in [1.165, 1.54) is 30.5 Å². The number of hydrogen-bond acceptors (Lipinski definition) is 23. The number of hydrogen-bond donors (Lipinski definition) is 22. The number of nitrogens with zero attached hydrogens (tertiary/aromatic N) is 2.